The average Bonchev–Trinajstić information content (AvgIpc) is 2.45. The molecule has 0 aliphatic heterocycles. The molecule has 1 unspecified atom stereocenters. The minimum absolute atomic E-state index is 0.0420. The number of carbonyl (C=O) groups excluding carboxylic acids is 1. The van der Waals surface area contributed by atoms with Crippen LogP contribution in [0.5, 0.6) is 0 Å². The normalized spacial score (nSPS) is 11.9. The van der Waals surface area contributed by atoms with Crippen LogP contribution in [-0.2, 0) is 11.2 Å². The second kappa shape index (κ2) is 8.32. The first kappa shape index (κ1) is 16.2. The third-order valence-corrected chi connectivity index (χ3v) is 3.13. The Morgan fingerprint density at radius 1 is 1.35 bits per heavy atom. The average molecular weight is 278 g/mol. The summed E-state index contributed by atoms with van der Waals surface area (Å²) in [5.74, 6) is -0.978. The number of amides is 1. The van der Waals surface area contributed by atoms with E-state index in [4.69, 9.17) is 5.11 Å². The lowest BCUT2D eigenvalue weighted by atomic mass is 10.1. The van der Waals surface area contributed by atoms with Gasteiger partial charge in [0.2, 0.25) is 5.91 Å². The lowest BCUT2D eigenvalue weighted by molar-refractivity contribution is -0.120. The van der Waals surface area contributed by atoms with Crippen LogP contribution in [0, 0.1) is 0 Å². The van der Waals surface area contributed by atoms with Crippen LogP contribution in [0.1, 0.15) is 36.2 Å². The van der Waals surface area contributed by atoms with Gasteiger partial charge >= 0.3 is 5.97 Å². The molecule has 0 spiro atoms. The predicted molar refractivity (Wildman–Crippen MR) is 77.9 cm³/mol. The Labute approximate surface area is 119 Å². The number of hydrogen-bond acceptors (Lipinski definition) is 3. The van der Waals surface area contributed by atoms with Gasteiger partial charge in [-0.15, -0.1) is 0 Å². The van der Waals surface area contributed by atoms with Crippen molar-refractivity contribution in [2.75, 3.05) is 13.1 Å². The highest BCUT2D eigenvalue weighted by Gasteiger charge is 2.05. The number of carbonyl (C=O) groups is 2. The lowest BCUT2D eigenvalue weighted by Crippen LogP contribution is -2.38. The number of aromatic carboxylic acids is 1. The summed E-state index contributed by atoms with van der Waals surface area (Å²) in [7, 11) is 0. The third-order valence-electron chi connectivity index (χ3n) is 3.13. The number of nitrogens with one attached hydrogen (secondary N) is 2. The van der Waals surface area contributed by atoms with E-state index in [0.717, 1.165) is 12.0 Å². The van der Waals surface area contributed by atoms with Crippen molar-refractivity contribution >= 4 is 11.9 Å². The van der Waals surface area contributed by atoms with Gasteiger partial charge in [0, 0.05) is 12.6 Å². The quantitative estimate of drug-likeness (QED) is 0.672. The van der Waals surface area contributed by atoms with E-state index in [-0.39, 0.29) is 11.5 Å². The smallest absolute Gasteiger partial charge is 0.335 e. The highest BCUT2D eigenvalue weighted by atomic mass is 16.4. The molecule has 0 heterocycles. The van der Waals surface area contributed by atoms with Gasteiger partial charge in [0.25, 0.3) is 0 Å². The molecule has 1 atom stereocenters. The molecule has 0 fully saturated rings. The first-order valence-electron chi connectivity index (χ1n) is 6.85. The van der Waals surface area contributed by atoms with Crippen LogP contribution in [-0.4, -0.2) is 36.1 Å². The number of hydrogen-bond donors (Lipinski definition) is 3. The van der Waals surface area contributed by atoms with Crippen LogP contribution in [0.15, 0.2) is 24.3 Å². The molecule has 0 saturated heterocycles. The van der Waals surface area contributed by atoms with E-state index in [2.05, 4.69) is 17.6 Å². The first-order valence-corrected chi connectivity index (χ1v) is 6.85. The van der Waals surface area contributed by atoms with Crippen molar-refractivity contribution in [3.05, 3.63) is 35.4 Å². The minimum atomic E-state index is -0.936. The predicted octanol–water partition coefficient (Wildman–Crippen LogP) is 1.43. The second-order valence-corrected chi connectivity index (χ2v) is 4.80. The Kier molecular flexibility index (Phi) is 6.73. The summed E-state index contributed by atoms with van der Waals surface area (Å²) in [5.41, 5.74) is 1.17. The molecule has 5 heteroatoms. The molecule has 1 amide bonds. The first-order chi connectivity index (χ1) is 9.52. The molecule has 5 nitrogen and oxygen atoms in total. The number of carboxylic acids is 1. The SMILES string of the molecule is CCC(C)NCC(=O)NCCc1cccc(C(=O)O)c1. The van der Waals surface area contributed by atoms with Crippen molar-refractivity contribution in [1.29, 1.82) is 0 Å². The minimum Gasteiger partial charge on any atom is -0.478 e. The maximum atomic E-state index is 11.6. The number of benzene rings is 1. The summed E-state index contributed by atoms with van der Waals surface area (Å²) < 4.78 is 0. The van der Waals surface area contributed by atoms with E-state index in [0.29, 0.717) is 25.6 Å². The van der Waals surface area contributed by atoms with Crippen molar-refractivity contribution < 1.29 is 14.7 Å². The van der Waals surface area contributed by atoms with E-state index in [9.17, 15) is 9.59 Å². The fourth-order valence-electron chi connectivity index (χ4n) is 1.68. The summed E-state index contributed by atoms with van der Waals surface area (Å²) >= 11 is 0. The van der Waals surface area contributed by atoms with Gasteiger partial charge in [-0.2, -0.15) is 0 Å². The fourth-order valence-corrected chi connectivity index (χ4v) is 1.68. The van der Waals surface area contributed by atoms with E-state index < -0.39 is 5.97 Å². The third kappa shape index (κ3) is 5.84. The topological polar surface area (TPSA) is 78.4 Å². The highest BCUT2D eigenvalue weighted by Crippen LogP contribution is 2.05. The Morgan fingerprint density at radius 2 is 2.10 bits per heavy atom. The van der Waals surface area contributed by atoms with Gasteiger partial charge in [-0.05, 0) is 37.5 Å². The Bertz CT molecular complexity index is 460. The van der Waals surface area contributed by atoms with Gasteiger partial charge < -0.3 is 15.7 Å². The van der Waals surface area contributed by atoms with Crippen molar-refractivity contribution in [1.82, 2.24) is 10.6 Å². The highest BCUT2D eigenvalue weighted by molar-refractivity contribution is 5.87. The Morgan fingerprint density at radius 3 is 2.75 bits per heavy atom. The largest absolute Gasteiger partial charge is 0.478 e. The molecular formula is C15H22N2O3. The summed E-state index contributed by atoms with van der Waals surface area (Å²) in [5, 5.41) is 14.8. The fraction of sp³-hybridized carbons (Fsp3) is 0.467. The molecule has 20 heavy (non-hydrogen) atoms. The van der Waals surface area contributed by atoms with Gasteiger partial charge in [0.05, 0.1) is 12.1 Å². The molecule has 1 rings (SSSR count). The molecule has 1 aromatic rings. The molecule has 0 radical (unpaired) electrons. The van der Waals surface area contributed by atoms with E-state index in [1.807, 2.05) is 13.0 Å². The number of rotatable bonds is 8. The molecule has 0 bridgehead atoms. The maximum Gasteiger partial charge on any atom is 0.335 e. The second-order valence-electron chi connectivity index (χ2n) is 4.80. The molecular weight excluding hydrogens is 256 g/mol. The van der Waals surface area contributed by atoms with Crippen LogP contribution in [0.4, 0.5) is 0 Å². The van der Waals surface area contributed by atoms with Crippen LogP contribution in [0.3, 0.4) is 0 Å². The molecule has 1 aromatic carbocycles. The van der Waals surface area contributed by atoms with Gasteiger partial charge in [0.15, 0.2) is 0 Å². The van der Waals surface area contributed by atoms with E-state index in [1.54, 1.807) is 18.2 Å². The van der Waals surface area contributed by atoms with Gasteiger partial charge in [-0.25, -0.2) is 4.79 Å². The van der Waals surface area contributed by atoms with E-state index >= 15 is 0 Å². The summed E-state index contributed by atoms with van der Waals surface area (Å²) in [6, 6.07) is 7.08. The Hall–Kier alpha value is -1.88. The molecule has 110 valence electrons. The Balaban J connectivity index is 2.32. The van der Waals surface area contributed by atoms with Crippen LogP contribution >= 0.6 is 0 Å². The van der Waals surface area contributed by atoms with Gasteiger partial charge in [0.1, 0.15) is 0 Å². The summed E-state index contributed by atoms with van der Waals surface area (Å²) in [6.45, 7) is 4.91. The van der Waals surface area contributed by atoms with Gasteiger partial charge in [-0.1, -0.05) is 19.1 Å². The van der Waals surface area contributed by atoms with Crippen LogP contribution in [0.25, 0.3) is 0 Å². The number of carboxylic acid groups (broad SMARTS) is 1. The standard InChI is InChI=1S/C15H22N2O3/c1-3-11(2)17-10-14(18)16-8-7-12-5-4-6-13(9-12)15(19)20/h4-6,9,11,17H,3,7-8,10H2,1-2H3,(H,16,18)(H,19,20). The molecule has 3 N–H and O–H groups in total. The zero-order valence-corrected chi connectivity index (χ0v) is 12.0. The maximum absolute atomic E-state index is 11.6. The zero-order valence-electron chi connectivity index (χ0n) is 12.0. The molecule has 0 aromatic heterocycles. The van der Waals surface area contributed by atoms with Crippen molar-refractivity contribution in [3.8, 4) is 0 Å². The van der Waals surface area contributed by atoms with Crippen molar-refractivity contribution in [2.24, 2.45) is 0 Å². The lowest BCUT2D eigenvalue weighted by Gasteiger charge is -2.11. The summed E-state index contributed by atoms with van der Waals surface area (Å²) in [4.78, 5) is 22.4. The monoisotopic (exact) mass is 278 g/mol. The molecule has 0 aliphatic rings. The van der Waals surface area contributed by atoms with Gasteiger partial charge in [-0.3, -0.25) is 4.79 Å². The summed E-state index contributed by atoms with van der Waals surface area (Å²) in [6.07, 6.45) is 1.60. The van der Waals surface area contributed by atoms with Crippen LogP contribution in [0.2, 0.25) is 0 Å². The van der Waals surface area contributed by atoms with Crippen molar-refractivity contribution in [2.45, 2.75) is 32.7 Å². The van der Waals surface area contributed by atoms with Crippen LogP contribution < -0.4 is 10.6 Å². The van der Waals surface area contributed by atoms with Crippen molar-refractivity contribution in [3.63, 3.8) is 0 Å². The molecule has 0 saturated carbocycles. The molecule has 0 aliphatic carbocycles. The zero-order chi connectivity index (χ0) is 15.0. The van der Waals surface area contributed by atoms with E-state index in [1.165, 1.54) is 0 Å².